The molecule has 0 radical (unpaired) electrons. The zero-order chi connectivity index (χ0) is 19.6. The number of nitrogens with zero attached hydrogens (tertiary/aromatic N) is 4. The molecule has 0 spiro atoms. The zero-order valence-electron chi connectivity index (χ0n) is 16.6. The third-order valence-electron chi connectivity index (χ3n) is 4.70. The number of carbonyl (C=O) groups excluding carboxylic acids is 1. The summed E-state index contributed by atoms with van der Waals surface area (Å²) in [6, 6.07) is 12.4. The number of benzene rings is 1. The average Bonchev–Trinajstić information content (AvgIpc) is 3.20. The summed E-state index contributed by atoms with van der Waals surface area (Å²) in [5.41, 5.74) is 4.00. The summed E-state index contributed by atoms with van der Waals surface area (Å²) in [4.78, 5) is 12.8. The fraction of sp³-hybridized carbons (Fsp3) is 0.381. The van der Waals surface area contributed by atoms with Gasteiger partial charge in [0.25, 0.3) is 0 Å². The lowest BCUT2D eigenvalue weighted by atomic mass is 10.2. The maximum Gasteiger partial charge on any atom is 0.191 e. The largest absolute Gasteiger partial charge is 0.346 e. The van der Waals surface area contributed by atoms with Gasteiger partial charge in [0.1, 0.15) is 0 Å². The predicted molar refractivity (Wildman–Crippen MR) is 110 cm³/mol. The quantitative estimate of drug-likeness (QED) is 0.429. The molecule has 0 bridgehead atoms. The number of rotatable bonds is 7. The van der Waals surface area contributed by atoms with Gasteiger partial charge >= 0.3 is 0 Å². The van der Waals surface area contributed by atoms with Crippen molar-refractivity contribution in [2.75, 3.05) is 5.75 Å². The molecule has 1 aromatic carbocycles. The molecular weight excluding hydrogens is 356 g/mol. The lowest BCUT2D eigenvalue weighted by Gasteiger charge is -2.13. The van der Waals surface area contributed by atoms with E-state index < -0.39 is 0 Å². The summed E-state index contributed by atoms with van der Waals surface area (Å²) in [6.45, 7) is 11.2. The van der Waals surface area contributed by atoms with Gasteiger partial charge in [-0.3, -0.25) is 4.79 Å². The van der Waals surface area contributed by atoms with Crippen molar-refractivity contribution >= 4 is 17.5 Å². The van der Waals surface area contributed by atoms with Crippen molar-refractivity contribution in [1.82, 2.24) is 19.3 Å². The number of ketones is 1. The molecule has 0 unspecified atom stereocenters. The highest BCUT2D eigenvalue weighted by atomic mass is 32.2. The van der Waals surface area contributed by atoms with Crippen LogP contribution in [0.25, 0.3) is 11.4 Å². The zero-order valence-corrected chi connectivity index (χ0v) is 17.4. The molecule has 0 amide bonds. The highest BCUT2D eigenvalue weighted by Gasteiger charge is 2.19. The van der Waals surface area contributed by atoms with Crippen molar-refractivity contribution in [3.63, 3.8) is 0 Å². The Bertz CT molecular complexity index is 941. The first-order chi connectivity index (χ1) is 12.9. The van der Waals surface area contributed by atoms with Gasteiger partial charge in [0, 0.05) is 35.1 Å². The van der Waals surface area contributed by atoms with Crippen molar-refractivity contribution in [3.8, 4) is 11.4 Å². The molecule has 0 atom stereocenters. The maximum atomic E-state index is 12.8. The highest BCUT2D eigenvalue weighted by Crippen LogP contribution is 2.26. The van der Waals surface area contributed by atoms with Gasteiger partial charge in [-0.2, -0.15) is 0 Å². The Morgan fingerprint density at radius 3 is 2.44 bits per heavy atom. The van der Waals surface area contributed by atoms with Gasteiger partial charge in [-0.05, 0) is 40.7 Å². The van der Waals surface area contributed by atoms with E-state index in [1.54, 1.807) is 0 Å². The molecule has 0 fully saturated rings. The number of aryl methyl sites for hydroxylation is 1. The summed E-state index contributed by atoms with van der Waals surface area (Å²) in [6.07, 6.45) is 0. The van der Waals surface area contributed by atoms with Crippen LogP contribution in [0, 0.1) is 13.8 Å². The number of carbonyl (C=O) groups is 1. The molecule has 27 heavy (non-hydrogen) atoms. The van der Waals surface area contributed by atoms with Gasteiger partial charge in [0.15, 0.2) is 16.8 Å². The fourth-order valence-electron chi connectivity index (χ4n) is 3.54. The Labute approximate surface area is 164 Å². The van der Waals surface area contributed by atoms with Gasteiger partial charge in [-0.15, -0.1) is 10.2 Å². The normalized spacial score (nSPS) is 11.3. The lowest BCUT2D eigenvalue weighted by Crippen LogP contribution is -2.09. The van der Waals surface area contributed by atoms with E-state index >= 15 is 0 Å². The first-order valence-corrected chi connectivity index (χ1v) is 10.3. The van der Waals surface area contributed by atoms with Crippen LogP contribution in [0.2, 0.25) is 0 Å². The standard InChI is InChI=1S/C21H26N4OS/c1-6-24-20(17-10-8-7-9-11-17)22-23-21(24)27-13-19(26)18-12-15(4)25(14(2)3)16(18)5/h7-12,14H,6,13H2,1-5H3. The molecule has 142 valence electrons. The van der Waals surface area contributed by atoms with E-state index in [9.17, 15) is 4.79 Å². The highest BCUT2D eigenvalue weighted by molar-refractivity contribution is 7.99. The molecule has 3 rings (SSSR count). The van der Waals surface area contributed by atoms with Crippen molar-refractivity contribution in [2.45, 2.75) is 52.4 Å². The van der Waals surface area contributed by atoms with Gasteiger partial charge in [0.2, 0.25) is 0 Å². The van der Waals surface area contributed by atoms with E-state index in [0.717, 1.165) is 40.0 Å². The van der Waals surface area contributed by atoms with Crippen LogP contribution < -0.4 is 0 Å². The van der Waals surface area contributed by atoms with Crippen molar-refractivity contribution in [1.29, 1.82) is 0 Å². The Hall–Kier alpha value is -2.34. The van der Waals surface area contributed by atoms with E-state index in [4.69, 9.17) is 0 Å². The molecule has 0 saturated carbocycles. The van der Waals surface area contributed by atoms with E-state index in [0.29, 0.717) is 11.8 Å². The van der Waals surface area contributed by atoms with Crippen LogP contribution in [-0.4, -0.2) is 30.9 Å². The summed E-state index contributed by atoms with van der Waals surface area (Å²) in [5.74, 6) is 1.33. The van der Waals surface area contributed by atoms with E-state index in [2.05, 4.69) is 47.0 Å². The summed E-state index contributed by atoms with van der Waals surface area (Å²) in [7, 11) is 0. The van der Waals surface area contributed by atoms with Crippen LogP contribution in [0.1, 0.15) is 48.6 Å². The minimum absolute atomic E-state index is 0.131. The molecule has 5 nitrogen and oxygen atoms in total. The second-order valence-corrected chi connectivity index (χ2v) is 7.82. The summed E-state index contributed by atoms with van der Waals surface area (Å²) in [5, 5.41) is 9.44. The molecule has 0 aliphatic heterocycles. The molecule has 3 aromatic rings. The van der Waals surface area contributed by atoms with Crippen LogP contribution in [0.3, 0.4) is 0 Å². The summed E-state index contributed by atoms with van der Waals surface area (Å²) >= 11 is 1.45. The van der Waals surface area contributed by atoms with Crippen molar-refractivity contribution < 1.29 is 4.79 Å². The molecule has 0 N–H and O–H groups in total. The molecular formula is C21H26N4OS. The number of Topliss-reactive ketones (excluding diaryl/α,β-unsaturated/α-hetero) is 1. The maximum absolute atomic E-state index is 12.8. The first-order valence-electron chi connectivity index (χ1n) is 9.27. The SMILES string of the molecule is CCn1c(SCC(=O)c2cc(C)n(C(C)C)c2C)nnc1-c1ccccc1. The third kappa shape index (κ3) is 3.86. The Kier molecular flexibility index (Phi) is 5.85. The van der Waals surface area contributed by atoms with Crippen LogP contribution in [0.5, 0.6) is 0 Å². The minimum atomic E-state index is 0.131. The smallest absolute Gasteiger partial charge is 0.191 e. The van der Waals surface area contributed by atoms with Gasteiger partial charge < -0.3 is 9.13 Å². The molecule has 0 aliphatic carbocycles. The minimum Gasteiger partial charge on any atom is -0.346 e. The number of hydrogen-bond donors (Lipinski definition) is 0. The number of hydrogen-bond acceptors (Lipinski definition) is 4. The Balaban J connectivity index is 1.79. The fourth-order valence-corrected chi connectivity index (χ4v) is 4.43. The van der Waals surface area contributed by atoms with Crippen LogP contribution in [0.4, 0.5) is 0 Å². The lowest BCUT2D eigenvalue weighted by molar-refractivity contribution is 0.102. The van der Waals surface area contributed by atoms with Crippen LogP contribution in [-0.2, 0) is 6.54 Å². The topological polar surface area (TPSA) is 52.7 Å². The molecule has 6 heteroatoms. The monoisotopic (exact) mass is 382 g/mol. The summed E-state index contributed by atoms with van der Waals surface area (Å²) < 4.78 is 4.27. The van der Waals surface area contributed by atoms with Crippen molar-refractivity contribution in [2.24, 2.45) is 0 Å². The van der Waals surface area contributed by atoms with E-state index in [-0.39, 0.29) is 5.78 Å². The van der Waals surface area contributed by atoms with Crippen LogP contribution >= 0.6 is 11.8 Å². The molecule has 2 heterocycles. The second kappa shape index (κ2) is 8.13. The predicted octanol–water partition coefficient (Wildman–Crippen LogP) is 4.94. The third-order valence-corrected chi connectivity index (χ3v) is 5.67. The Morgan fingerprint density at radius 1 is 1.15 bits per heavy atom. The first kappa shape index (κ1) is 19.4. The Morgan fingerprint density at radius 2 is 1.85 bits per heavy atom. The van der Waals surface area contributed by atoms with Gasteiger partial charge in [-0.25, -0.2) is 0 Å². The van der Waals surface area contributed by atoms with E-state index in [1.807, 2.05) is 43.3 Å². The second-order valence-electron chi connectivity index (χ2n) is 6.88. The molecule has 0 saturated heterocycles. The molecule has 0 aliphatic rings. The number of aromatic nitrogens is 4. The molecule has 2 aromatic heterocycles. The number of thioether (sulfide) groups is 1. The van der Waals surface area contributed by atoms with Gasteiger partial charge in [0.05, 0.1) is 5.75 Å². The van der Waals surface area contributed by atoms with E-state index in [1.165, 1.54) is 11.8 Å². The van der Waals surface area contributed by atoms with Crippen molar-refractivity contribution in [3.05, 3.63) is 53.3 Å². The van der Waals surface area contributed by atoms with Gasteiger partial charge in [-0.1, -0.05) is 42.1 Å². The average molecular weight is 383 g/mol. The van der Waals surface area contributed by atoms with Crippen LogP contribution in [0.15, 0.2) is 41.6 Å².